The van der Waals surface area contributed by atoms with Crippen molar-refractivity contribution in [1.29, 1.82) is 0 Å². The molecule has 104 valence electrons. The summed E-state index contributed by atoms with van der Waals surface area (Å²) in [5.74, 6) is 0.253. The van der Waals surface area contributed by atoms with Crippen LogP contribution in [-0.4, -0.2) is 13.7 Å². The predicted molar refractivity (Wildman–Crippen MR) is 71.4 cm³/mol. The second-order valence-corrected chi connectivity index (χ2v) is 4.66. The Morgan fingerprint density at radius 3 is 2.63 bits per heavy atom. The lowest BCUT2D eigenvalue weighted by Crippen LogP contribution is -2.21. The van der Waals surface area contributed by atoms with E-state index in [4.69, 9.17) is 0 Å². The van der Waals surface area contributed by atoms with Crippen molar-refractivity contribution >= 4 is 0 Å². The molecule has 19 heavy (non-hydrogen) atoms. The summed E-state index contributed by atoms with van der Waals surface area (Å²) in [6.07, 6.45) is 6.64. The van der Waals surface area contributed by atoms with Gasteiger partial charge in [0.2, 0.25) is 0 Å². The fourth-order valence-corrected chi connectivity index (χ4v) is 2.59. The van der Waals surface area contributed by atoms with Crippen LogP contribution in [0.2, 0.25) is 0 Å². The zero-order valence-electron chi connectivity index (χ0n) is 11.0. The maximum absolute atomic E-state index is 12.5. The molecule has 0 saturated heterocycles. The molecule has 0 fully saturated rings. The minimum Gasteiger partial charge on any atom is -0.434 e. The van der Waals surface area contributed by atoms with E-state index in [0.717, 1.165) is 24.8 Å². The summed E-state index contributed by atoms with van der Waals surface area (Å²) in [6, 6.07) is 6.95. The molecular formula is C15H19F2NO. The van der Waals surface area contributed by atoms with Gasteiger partial charge in [-0.25, -0.2) is 0 Å². The average molecular weight is 267 g/mol. The van der Waals surface area contributed by atoms with Crippen LogP contribution in [-0.2, 0) is 0 Å². The zero-order valence-corrected chi connectivity index (χ0v) is 11.0. The molecule has 1 atom stereocenters. The smallest absolute Gasteiger partial charge is 0.387 e. The summed E-state index contributed by atoms with van der Waals surface area (Å²) in [5.41, 5.74) is 2.04. The van der Waals surface area contributed by atoms with Gasteiger partial charge < -0.3 is 10.1 Å². The number of halogens is 2. The molecule has 1 aromatic carbocycles. The first-order valence-corrected chi connectivity index (χ1v) is 6.62. The molecule has 2 nitrogen and oxygen atoms in total. The Hall–Kier alpha value is -1.42. The quantitative estimate of drug-likeness (QED) is 0.813. The van der Waals surface area contributed by atoms with E-state index < -0.39 is 6.61 Å². The Kier molecular flexibility index (Phi) is 4.91. The summed E-state index contributed by atoms with van der Waals surface area (Å²) in [4.78, 5) is 0. The summed E-state index contributed by atoms with van der Waals surface area (Å²) in [6.45, 7) is -2.79. The van der Waals surface area contributed by atoms with E-state index in [9.17, 15) is 8.78 Å². The number of allylic oxidation sites excluding steroid dienone is 1. The molecule has 1 aliphatic rings. The van der Waals surface area contributed by atoms with E-state index in [-0.39, 0.29) is 11.8 Å². The highest BCUT2D eigenvalue weighted by Crippen LogP contribution is 2.34. The van der Waals surface area contributed by atoms with Crippen molar-refractivity contribution in [2.75, 3.05) is 7.05 Å². The van der Waals surface area contributed by atoms with Crippen molar-refractivity contribution in [3.05, 3.63) is 41.5 Å². The number of nitrogens with one attached hydrogen (secondary N) is 1. The third-order valence-corrected chi connectivity index (χ3v) is 3.43. The Labute approximate surface area is 112 Å². The topological polar surface area (TPSA) is 21.3 Å². The zero-order chi connectivity index (χ0) is 13.7. The van der Waals surface area contributed by atoms with Gasteiger partial charge in [0.05, 0.1) is 6.04 Å². The minimum atomic E-state index is -2.79. The van der Waals surface area contributed by atoms with E-state index in [1.165, 1.54) is 12.0 Å². The second kappa shape index (κ2) is 6.66. The van der Waals surface area contributed by atoms with Crippen LogP contribution in [0.3, 0.4) is 0 Å². The molecule has 0 spiro atoms. The Balaban J connectivity index is 2.29. The number of rotatable bonds is 5. The molecule has 0 amide bonds. The molecule has 0 saturated carbocycles. The number of hydrogen-bond donors (Lipinski definition) is 1. The van der Waals surface area contributed by atoms with Gasteiger partial charge in [0, 0.05) is 5.56 Å². The summed E-state index contributed by atoms with van der Waals surface area (Å²) < 4.78 is 29.5. The van der Waals surface area contributed by atoms with Crippen LogP contribution in [0.25, 0.3) is 0 Å². The number of alkyl halides is 2. The highest BCUT2D eigenvalue weighted by molar-refractivity contribution is 5.40. The van der Waals surface area contributed by atoms with Crippen molar-refractivity contribution in [3.63, 3.8) is 0 Å². The largest absolute Gasteiger partial charge is 0.434 e. The van der Waals surface area contributed by atoms with Gasteiger partial charge in [-0.3, -0.25) is 0 Å². The maximum Gasteiger partial charge on any atom is 0.387 e. The monoisotopic (exact) mass is 267 g/mol. The second-order valence-electron chi connectivity index (χ2n) is 4.66. The molecule has 1 unspecified atom stereocenters. The third kappa shape index (κ3) is 3.53. The van der Waals surface area contributed by atoms with Crippen LogP contribution in [0.15, 0.2) is 35.9 Å². The molecule has 0 bridgehead atoms. The third-order valence-electron chi connectivity index (χ3n) is 3.43. The van der Waals surface area contributed by atoms with E-state index >= 15 is 0 Å². The van der Waals surface area contributed by atoms with Crippen LogP contribution in [0, 0.1) is 0 Å². The number of hydrogen-bond acceptors (Lipinski definition) is 2. The molecule has 1 N–H and O–H groups in total. The van der Waals surface area contributed by atoms with Gasteiger partial charge in [-0.05, 0) is 38.8 Å². The van der Waals surface area contributed by atoms with Gasteiger partial charge in [0.15, 0.2) is 0 Å². The Morgan fingerprint density at radius 1 is 1.21 bits per heavy atom. The SMILES string of the molecule is CNC(C1=CCCCC1)c1ccccc1OC(F)F. The highest BCUT2D eigenvalue weighted by Gasteiger charge is 2.21. The van der Waals surface area contributed by atoms with Crippen molar-refractivity contribution in [2.24, 2.45) is 0 Å². The molecular weight excluding hydrogens is 248 g/mol. The number of para-hydroxylation sites is 1. The van der Waals surface area contributed by atoms with Gasteiger partial charge in [0.25, 0.3) is 0 Å². The lowest BCUT2D eigenvalue weighted by molar-refractivity contribution is -0.0506. The van der Waals surface area contributed by atoms with Crippen molar-refractivity contribution in [3.8, 4) is 5.75 Å². The van der Waals surface area contributed by atoms with Gasteiger partial charge >= 0.3 is 6.61 Å². The lowest BCUT2D eigenvalue weighted by atomic mass is 9.89. The molecule has 4 heteroatoms. The van der Waals surface area contributed by atoms with E-state index in [2.05, 4.69) is 16.1 Å². The van der Waals surface area contributed by atoms with Crippen molar-refractivity contribution in [1.82, 2.24) is 5.32 Å². The number of ether oxygens (including phenoxy) is 1. The summed E-state index contributed by atoms with van der Waals surface area (Å²) >= 11 is 0. The fourth-order valence-electron chi connectivity index (χ4n) is 2.59. The normalized spacial score (nSPS) is 17.2. The number of benzene rings is 1. The van der Waals surface area contributed by atoms with Gasteiger partial charge in [-0.15, -0.1) is 0 Å². The predicted octanol–water partition coefficient (Wildman–Crippen LogP) is 4.05. The lowest BCUT2D eigenvalue weighted by Gasteiger charge is -2.25. The van der Waals surface area contributed by atoms with Crippen LogP contribution < -0.4 is 10.1 Å². The van der Waals surface area contributed by atoms with E-state index in [1.807, 2.05) is 19.2 Å². The average Bonchev–Trinajstić information content (AvgIpc) is 2.42. The van der Waals surface area contributed by atoms with Crippen LogP contribution in [0.1, 0.15) is 37.3 Å². The molecule has 0 radical (unpaired) electrons. The van der Waals surface area contributed by atoms with Crippen LogP contribution >= 0.6 is 0 Å². The minimum absolute atomic E-state index is 0.0461. The number of likely N-dealkylation sites (N-methyl/N-ethyl adjacent to an activating group) is 1. The van der Waals surface area contributed by atoms with E-state index in [1.54, 1.807) is 12.1 Å². The van der Waals surface area contributed by atoms with Crippen LogP contribution in [0.4, 0.5) is 8.78 Å². The van der Waals surface area contributed by atoms with E-state index in [0.29, 0.717) is 0 Å². The highest BCUT2D eigenvalue weighted by atomic mass is 19.3. The Morgan fingerprint density at radius 2 is 2.00 bits per heavy atom. The van der Waals surface area contributed by atoms with Crippen LogP contribution in [0.5, 0.6) is 5.75 Å². The maximum atomic E-state index is 12.5. The van der Waals surface area contributed by atoms with Crippen molar-refractivity contribution < 1.29 is 13.5 Å². The molecule has 0 heterocycles. The summed E-state index contributed by atoms with van der Waals surface area (Å²) in [5, 5.41) is 3.21. The molecule has 0 aliphatic heterocycles. The standard InChI is InChI=1S/C15H19F2NO/c1-18-14(11-7-3-2-4-8-11)12-9-5-6-10-13(12)19-15(16)17/h5-7,9-10,14-15,18H,2-4,8H2,1H3. The molecule has 1 aliphatic carbocycles. The van der Waals surface area contributed by atoms with Gasteiger partial charge in [-0.2, -0.15) is 8.78 Å². The fraction of sp³-hybridized carbons (Fsp3) is 0.467. The molecule has 0 aromatic heterocycles. The first kappa shape index (κ1) is 14.0. The first-order valence-electron chi connectivity index (χ1n) is 6.62. The Bertz CT molecular complexity index is 446. The van der Waals surface area contributed by atoms with Gasteiger partial charge in [-0.1, -0.05) is 29.8 Å². The molecule has 1 aromatic rings. The summed E-state index contributed by atoms with van der Waals surface area (Å²) in [7, 11) is 1.85. The van der Waals surface area contributed by atoms with Gasteiger partial charge in [0.1, 0.15) is 5.75 Å². The first-order chi connectivity index (χ1) is 9.22. The van der Waals surface area contributed by atoms with Crippen molar-refractivity contribution in [2.45, 2.75) is 38.3 Å². The molecule has 2 rings (SSSR count).